The van der Waals surface area contributed by atoms with Gasteiger partial charge in [-0.15, -0.1) is 0 Å². The molecule has 2 unspecified atom stereocenters. The molecule has 0 aromatic heterocycles. The Morgan fingerprint density at radius 2 is 1.76 bits per heavy atom. The highest BCUT2D eigenvalue weighted by atomic mass is 15.1. The van der Waals surface area contributed by atoms with E-state index in [9.17, 15) is 0 Å². The highest BCUT2D eigenvalue weighted by Gasteiger charge is 2.26. The van der Waals surface area contributed by atoms with E-state index in [0.717, 1.165) is 12.0 Å². The molecule has 1 aliphatic carbocycles. The summed E-state index contributed by atoms with van der Waals surface area (Å²) in [5, 5.41) is 3.78. The number of hydrogen-bond donors (Lipinski definition) is 1. The van der Waals surface area contributed by atoms with Gasteiger partial charge in [0.1, 0.15) is 0 Å². The molecule has 0 spiro atoms. The molecule has 0 aromatic rings. The van der Waals surface area contributed by atoms with Gasteiger partial charge in [-0.05, 0) is 57.7 Å². The molecule has 17 heavy (non-hydrogen) atoms. The molecule has 1 aliphatic heterocycles. The Morgan fingerprint density at radius 3 is 2.53 bits per heavy atom. The van der Waals surface area contributed by atoms with Gasteiger partial charge in [0, 0.05) is 12.6 Å². The van der Waals surface area contributed by atoms with Crippen LogP contribution in [-0.4, -0.2) is 37.1 Å². The van der Waals surface area contributed by atoms with Gasteiger partial charge in [-0.2, -0.15) is 0 Å². The third-order valence-electron chi connectivity index (χ3n) is 4.51. The second-order valence-corrected chi connectivity index (χ2v) is 5.97. The summed E-state index contributed by atoms with van der Waals surface area (Å²) in [6.07, 6.45) is 11.4. The minimum atomic E-state index is 0.811. The standard InChI is InChI=1S/C15H30N2/c1-2-10-16-15-9-5-4-8-14(15)13-17-11-6-3-7-12-17/h14-16H,2-13H2,1H3. The summed E-state index contributed by atoms with van der Waals surface area (Å²) >= 11 is 0. The Balaban J connectivity index is 1.78. The number of hydrogen-bond acceptors (Lipinski definition) is 2. The SMILES string of the molecule is CCCNC1CCCCC1CN1CCCCC1. The summed E-state index contributed by atoms with van der Waals surface area (Å²) in [6.45, 7) is 7.56. The van der Waals surface area contributed by atoms with Crippen molar-refractivity contribution in [3.05, 3.63) is 0 Å². The normalized spacial score (nSPS) is 31.6. The van der Waals surface area contributed by atoms with Gasteiger partial charge in [0.2, 0.25) is 0 Å². The third kappa shape index (κ3) is 4.26. The van der Waals surface area contributed by atoms with E-state index in [0.29, 0.717) is 0 Å². The minimum Gasteiger partial charge on any atom is -0.314 e. The highest BCUT2D eigenvalue weighted by molar-refractivity contribution is 4.83. The molecule has 100 valence electrons. The lowest BCUT2D eigenvalue weighted by molar-refractivity contribution is 0.149. The summed E-state index contributed by atoms with van der Waals surface area (Å²) in [5.74, 6) is 0.924. The predicted molar refractivity (Wildman–Crippen MR) is 74.3 cm³/mol. The average Bonchev–Trinajstić information content (AvgIpc) is 2.39. The van der Waals surface area contributed by atoms with Crippen molar-refractivity contribution < 1.29 is 0 Å². The van der Waals surface area contributed by atoms with Crippen LogP contribution >= 0.6 is 0 Å². The maximum Gasteiger partial charge on any atom is 0.0107 e. The van der Waals surface area contributed by atoms with E-state index in [1.807, 2.05) is 0 Å². The lowest BCUT2D eigenvalue weighted by Crippen LogP contribution is -2.45. The van der Waals surface area contributed by atoms with Crippen LogP contribution in [-0.2, 0) is 0 Å². The van der Waals surface area contributed by atoms with Crippen molar-refractivity contribution in [3.63, 3.8) is 0 Å². The van der Waals surface area contributed by atoms with Crippen molar-refractivity contribution in [1.82, 2.24) is 10.2 Å². The third-order valence-corrected chi connectivity index (χ3v) is 4.51. The van der Waals surface area contributed by atoms with Gasteiger partial charge < -0.3 is 10.2 Å². The zero-order valence-electron chi connectivity index (χ0n) is 11.6. The van der Waals surface area contributed by atoms with Crippen LogP contribution in [0, 0.1) is 5.92 Å². The molecule has 0 radical (unpaired) electrons. The van der Waals surface area contributed by atoms with Crippen molar-refractivity contribution >= 4 is 0 Å². The number of likely N-dealkylation sites (tertiary alicyclic amines) is 1. The monoisotopic (exact) mass is 238 g/mol. The molecule has 2 fully saturated rings. The van der Waals surface area contributed by atoms with Gasteiger partial charge in [0.05, 0.1) is 0 Å². The molecular formula is C15H30N2. The summed E-state index contributed by atoms with van der Waals surface area (Å²) in [7, 11) is 0. The van der Waals surface area contributed by atoms with E-state index >= 15 is 0 Å². The average molecular weight is 238 g/mol. The number of nitrogens with zero attached hydrogens (tertiary/aromatic N) is 1. The fourth-order valence-corrected chi connectivity index (χ4v) is 3.50. The molecule has 2 heteroatoms. The quantitative estimate of drug-likeness (QED) is 0.792. The molecule has 2 nitrogen and oxygen atoms in total. The molecule has 1 saturated heterocycles. The van der Waals surface area contributed by atoms with Crippen LogP contribution in [0.25, 0.3) is 0 Å². The fourth-order valence-electron chi connectivity index (χ4n) is 3.50. The molecule has 1 saturated carbocycles. The summed E-state index contributed by atoms with van der Waals surface area (Å²) in [5.41, 5.74) is 0. The van der Waals surface area contributed by atoms with Gasteiger partial charge in [-0.25, -0.2) is 0 Å². The smallest absolute Gasteiger partial charge is 0.0107 e. The van der Waals surface area contributed by atoms with Crippen LogP contribution in [0.2, 0.25) is 0 Å². The van der Waals surface area contributed by atoms with E-state index in [1.165, 1.54) is 77.5 Å². The first-order chi connectivity index (χ1) is 8.40. The summed E-state index contributed by atoms with van der Waals surface area (Å²) in [4.78, 5) is 2.72. The maximum absolute atomic E-state index is 3.78. The first kappa shape index (κ1) is 13.4. The van der Waals surface area contributed by atoms with E-state index in [2.05, 4.69) is 17.1 Å². The first-order valence-electron chi connectivity index (χ1n) is 7.86. The zero-order chi connectivity index (χ0) is 11.9. The van der Waals surface area contributed by atoms with Gasteiger partial charge in [-0.3, -0.25) is 0 Å². The second-order valence-electron chi connectivity index (χ2n) is 5.97. The predicted octanol–water partition coefficient (Wildman–Crippen LogP) is 3.03. The van der Waals surface area contributed by atoms with Crippen LogP contribution < -0.4 is 5.32 Å². The van der Waals surface area contributed by atoms with Crippen LogP contribution in [0.1, 0.15) is 58.3 Å². The van der Waals surface area contributed by atoms with Gasteiger partial charge in [0.15, 0.2) is 0 Å². The molecule has 0 amide bonds. The van der Waals surface area contributed by atoms with Crippen molar-refractivity contribution in [1.29, 1.82) is 0 Å². The topological polar surface area (TPSA) is 15.3 Å². The van der Waals surface area contributed by atoms with E-state index in [4.69, 9.17) is 0 Å². The maximum atomic E-state index is 3.78. The van der Waals surface area contributed by atoms with Crippen LogP contribution in [0.15, 0.2) is 0 Å². The highest BCUT2D eigenvalue weighted by Crippen LogP contribution is 2.26. The second kappa shape index (κ2) is 7.38. The van der Waals surface area contributed by atoms with Gasteiger partial charge in [-0.1, -0.05) is 26.2 Å². The van der Waals surface area contributed by atoms with E-state index in [-0.39, 0.29) is 0 Å². The Kier molecular flexibility index (Phi) is 5.79. The zero-order valence-corrected chi connectivity index (χ0v) is 11.6. The Bertz CT molecular complexity index is 199. The molecule has 2 aliphatic rings. The molecule has 1 heterocycles. The largest absolute Gasteiger partial charge is 0.314 e. The van der Waals surface area contributed by atoms with Crippen LogP contribution in [0.4, 0.5) is 0 Å². The van der Waals surface area contributed by atoms with Crippen LogP contribution in [0.3, 0.4) is 0 Å². The molecule has 1 N–H and O–H groups in total. The van der Waals surface area contributed by atoms with E-state index < -0.39 is 0 Å². The minimum absolute atomic E-state index is 0.811. The number of piperidine rings is 1. The number of nitrogens with one attached hydrogen (secondary N) is 1. The van der Waals surface area contributed by atoms with Gasteiger partial charge in [0.25, 0.3) is 0 Å². The Hall–Kier alpha value is -0.0800. The molecule has 2 rings (SSSR count). The fraction of sp³-hybridized carbons (Fsp3) is 1.00. The summed E-state index contributed by atoms with van der Waals surface area (Å²) in [6, 6.07) is 0.811. The first-order valence-corrected chi connectivity index (χ1v) is 7.86. The summed E-state index contributed by atoms with van der Waals surface area (Å²) < 4.78 is 0. The van der Waals surface area contributed by atoms with Crippen molar-refractivity contribution in [2.45, 2.75) is 64.3 Å². The molecule has 0 bridgehead atoms. The lowest BCUT2D eigenvalue weighted by atomic mass is 9.83. The number of rotatable bonds is 5. The Labute approximate surface area is 107 Å². The lowest BCUT2D eigenvalue weighted by Gasteiger charge is -2.37. The van der Waals surface area contributed by atoms with Crippen LogP contribution in [0.5, 0.6) is 0 Å². The van der Waals surface area contributed by atoms with Gasteiger partial charge >= 0.3 is 0 Å². The van der Waals surface area contributed by atoms with Crippen molar-refractivity contribution in [3.8, 4) is 0 Å². The van der Waals surface area contributed by atoms with Crippen molar-refractivity contribution in [2.75, 3.05) is 26.2 Å². The van der Waals surface area contributed by atoms with Crippen molar-refractivity contribution in [2.24, 2.45) is 5.92 Å². The molecule has 0 aromatic carbocycles. The Morgan fingerprint density at radius 1 is 1.00 bits per heavy atom. The van der Waals surface area contributed by atoms with E-state index in [1.54, 1.807) is 0 Å². The molecule has 2 atom stereocenters. The molecular weight excluding hydrogens is 208 g/mol.